The Hall–Kier alpha value is -2.25. The number of methoxy groups -OCH3 is 1. The van der Waals surface area contributed by atoms with Gasteiger partial charge in [0.05, 0.1) is 13.0 Å². The summed E-state index contributed by atoms with van der Waals surface area (Å²) in [6.07, 6.45) is -6.39. The minimum absolute atomic E-state index is 0.251. The Bertz CT molecular complexity index is 693. The maximum atomic E-state index is 14.4. The van der Waals surface area contributed by atoms with Crippen molar-refractivity contribution in [2.45, 2.75) is 23.9 Å². The lowest BCUT2D eigenvalue weighted by atomic mass is 9.83. The van der Waals surface area contributed by atoms with E-state index in [9.17, 15) is 30.7 Å². The highest BCUT2D eigenvalue weighted by molar-refractivity contribution is 5.39. The number of hydrogen-bond donors (Lipinski definition) is 0. The number of benzene rings is 2. The Morgan fingerprint density at radius 2 is 1.20 bits per heavy atom. The highest BCUT2D eigenvalue weighted by Gasteiger charge is 2.75. The van der Waals surface area contributed by atoms with Gasteiger partial charge in [0, 0.05) is 0 Å². The van der Waals surface area contributed by atoms with Crippen LogP contribution >= 0.6 is 0 Å². The first kappa shape index (κ1) is 19.1. The van der Waals surface area contributed by atoms with Crippen LogP contribution in [0.4, 0.5) is 30.7 Å². The molecule has 2 aromatic carbocycles. The molecule has 0 aliphatic carbocycles. The lowest BCUT2D eigenvalue weighted by molar-refractivity contribution is -0.357. The van der Waals surface area contributed by atoms with Crippen LogP contribution in [-0.2, 0) is 0 Å². The average Bonchev–Trinajstić information content (AvgIpc) is 2.55. The monoisotopic (exact) mass is 366 g/mol. The molecule has 0 amide bonds. The first-order chi connectivity index (χ1) is 11.5. The van der Waals surface area contributed by atoms with E-state index >= 15 is 0 Å². The molecule has 0 saturated heterocycles. The molecule has 25 heavy (non-hydrogen) atoms. The first-order valence-corrected chi connectivity index (χ1v) is 7.03. The van der Waals surface area contributed by atoms with Crippen molar-refractivity contribution < 1.29 is 35.5 Å². The van der Waals surface area contributed by atoms with Gasteiger partial charge in [-0.25, -0.2) is 0 Å². The molecule has 0 spiro atoms. The molecule has 136 valence electrons. The average molecular weight is 366 g/mol. The van der Waals surface area contributed by atoms with Gasteiger partial charge in [0.2, 0.25) is 0 Å². The number of halogens is 7. The third-order valence-electron chi connectivity index (χ3n) is 3.72. The smallest absolute Gasteiger partial charge is 0.459 e. The van der Waals surface area contributed by atoms with E-state index in [1.807, 2.05) is 0 Å². The van der Waals surface area contributed by atoms with Gasteiger partial charge in [-0.1, -0.05) is 42.5 Å². The van der Waals surface area contributed by atoms with Gasteiger partial charge < -0.3 is 4.74 Å². The maximum absolute atomic E-state index is 14.4. The molecule has 1 unspecified atom stereocenters. The van der Waals surface area contributed by atoms with E-state index in [-0.39, 0.29) is 16.9 Å². The van der Waals surface area contributed by atoms with Crippen molar-refractivity contribution in [2.75, 3.05) is 7.11 Å². The van der Waals surface area contributed by atoms with Crippen molar-refractivity contribution in [3.05, 3.63) is 65.7 Å². The van der Waals surface area contributed by atoms with Crippen LogP contribution in [0.2, 0.25) is 0 Å². The van der Waals surface area contributed by atoms with E-state index in [0.29, 0.717) is 0 Å². The number of alkyl halides is 7. The van der Waals surface area contributed by atoms with Crippen molar-refractivity contribution in [3.8, 4) is 5.75 Å². The summed E-state index contributed by atoms with van der Waals surface area (Å²) in [5.74, 6) is -13.8. The summed E-state index contributed by atoms with van der Waals surface area (Å²) in [6.45, 7) is 0. The molecule has 0 aliphatic heterocycles. The Labute approximate surface area is 139 Å². The molecule has 2 rings (SSSR count). The molecule has 1 nitrogen and oxygen atoms in total. The van der Waals surface area contributed by atoms with E-state index in [2.05, 4.69) is 0 Å². The van der Waals surface area contributed by atoms with Crippen molar-refractivity contribution in [1.29, 1.82) is 0 Å². The summed E-state index contributed by atoms with van der Waals surface area (Å²) in [5, 5.41) is 0. The zero-order valence-electron chi connectivity index (χ0n) is 12.8. The lowest BCUT2D eigenvalue weighted by Gasteiger charge is -2.34. The third-order valence-corrected chi connectivity index (χ3v) is 3.72. The van der Waals surface area contributed by atoms with Crippen molar-refractivity contribution in [2.24, 2.45) is 0 Å². The summed E-state index contributed by atoms with van der Waals surface area (Å²) in [6, 6.07) is 10.7. The predicted molar refractivity (Wildman–Crippen MR) is 77.2 cm³/mol. The highest BCUT2D eigenvalue weighted by Crippen LogP contribution is 2.54. The summed E-state index contributed by atoms with van der Waals surface area (Å²) in [7, 11) is 1.30. The van der Waals surface area contributed by atoms with Crippen molar-refractivity contribution >= 4 is 0 Å². The lowest BCUT2D eigenvalue weighted by Crippen LogP contribution is -2.55. The third kappa shape index (κ3) is 3.43. The van der Waals surface area contributed by atoms with Crippen LogP contribution in [0.15, 0.2) is 54.6 Å². The Balaban J connectivity index is 2.62. The Kier molecular flexibility index (Phi) is 5.02. The van der Waals surface area contributed by atoms with E-state index in [4.69, 9.17) is 4.74 Å². The van der Waals surface area contributed by atoms with E-state index in [1.54, 1.807) is 0 Å². The van der Waals surface area contributed by atoms with Gasteiger partial charge >= 0.3 is 18.0 Å². The minimum atomic E-state index is -6.39. The molecule has 0 radical (unpaired) electrons. The molecule has 0 saturated carbocycles. The summed E-state index contributed by atoms with van der Waals surface area (Å²) in [4.78, 5) is 0. The number of rotatable bonds is 5. The maximum Gasteiger partial charge on any atom is 0.459 e. The molecule has 0 N–H and O–H groups in total. The zero-order chi connectivity index (χ0) is 18.9. The van der Waals surface area contributed by atoms with Crippen LogP contribution in [0, 0.1) is 0 Å². The Morgan fingerprint density at radius 1 is 0.720 bits per heavy atom. The second-order valence-corrected chi connectivity index (χ2v) is 5.31. The summed E-state index contributed by atoms with van der Waals surface area (Å²) < 4.78 is 98.6. The van der Waals surface area contributed by atoms with Crippen LogP contribution in [0.25, 0.3) is 0 Å². The fraction of sp³-hybridized carbons (Fsp3) is 0.294. The molecule has 0 aliphatic rings. The van der Waals surface area contributed by atoms with E-state index in [0.717, 1.165) is 24.3 Å². The van der Waals surface area contributed by atoms with Gasteiger partial charge in [0.1, 0.15) is 5.75 Å². The highest BCUT2D eigenvalue weighted by atomic mass is 19.4. The second-order valence-electron chi connectivity index (χ2n) is 5.31. The van der Waals surface area contributed by atoms with Gasteiger partial charge in [-0.05, 0) is 23.3 Å². The van der Waals surface area contributed by atoms with Crippen LogP contribution < -0.4 is 4.74 Å². The van der Waals surface area contributed by atoms with Gasteiger partial charge in [-0.3, -0.25) is 0 Å². The van der Waals surface area contributed by atoms with E-state index in [1.165, 1.54) is 37.4 Å². The number of hydrogen-bond acceptors (Lipinski definition) is 1. The number of ether oxygens (including phenoxy) is 1. The minimum Gasteiger partial charge on any atom is -0.497 e. The molecule has 0 fully saturated rings. The first-order valence-electron chi connectivity index (χ1n) is 7.03. The topological polar surface area (TPSA) is 9.23 Å². The van der Waals surface area contributed by atoms with Gasteiger partial charge in [0.15, 0.2) is 0 Å². The standard InChI is InChI=1S/C17H13F7O/c1-25-13-9-7-12(8-10-13)14(11-5-3-2-4-6-11)15(18,19)16(20,21)17(22,23)24/h2-10,14H,1H3. The molecule has 2 aromatic rings. The Morgan fingerprint density at radius 3 is 1.64 bits per heavy atom. The predicted octanol–water partition coefficient (Wildman–Crippen LogP) is 5.66. The van der Waals surface area contributed by atoms with E-state index < -0.39 is 23.9 Å². The molecule has 0 heterocycles. The second kappa shape index (κ2) is 6.57. The van der Waals surface area contributed by atoms with Gasteiger partial charge in [0.25, 0.3) is 0 Å². The van der Waals surface area contributed by atoms with Gasteiger partial charge in [-0.2, -0.15) is 30.7 Å². The molecule has 1 atom stereocenters. The van der Waals surface area contributed by atoms with Crippen LogP contribution in [0.1, 0.15) is 17.0 Å². The summed E-state index contributed by atoms with van der Waals surface area (Å²) >= 11 is 0. The summed E-state index contributed by atoms with van der Waals surface area (Å²) in [5.41, 5.74) is -0.748. The van der Waals surface area contributed by atoms with Crippen LogP contribution in [-0.4, -0.2) is 25.1 Å². The van der Waals surface area contributed by atoms with Crippen molar-refractivity contribution in [3.63, 3.8) is 0 Å². The molecule has 8 heteroatoms. The zero-order valence-corrected chi connectivity index (χ0v) is 12.8. The SMILES string of the molecule is COc1ccc(C(c2ccccc2)C(F)(F)C(F)(F)C(F)(F)F)cc1. The fourth-order valence-electron chi connectivity index (χ4n) is 2.42. The van der Waals surface area contributed by atoms with Crippen molar-refractivity contribution in [1.82, 2.24) is 0 Å². The fourth-order valence-corrected chi connectivity index (χ4v) is 2.42. The normalized spacial score (nSPS) is 14.2. The molecular formula is C17H13F7O. The largest absolute Gasteiger partial charge is 0.497 e. The molecule has 0 aromatic heterocycles. The van der Waals surface area contributed by atoms with Gasteiger partial charge in [-0.15, -0.1) is 0 Å². The van der Waals surface area contributed by atoms with Crippen LogP contribution in [0.3, 0.4) is 0 Å². The van der Waals surface area contributed by atoms with Crippen LogP contribution in [0.5, 0.6) is 5.75 Å². The quantitative estimate of drug-likeness (QED) is 0.621. The molecular weight excluding hydrogens is 353 g/mol. The molecule has 0 bridgehead atoms.